The van der Waals surface area contributed by atoms with Gasteiger partial charge in [0, 0.05) is 17.7 Å². The third kappa shape index (κ3) is 5.26. The van der Waals surface area contributed by atoms with Gasteiger partial charge in [0.05, 0.1) is 6.61 Å². The molecule has 0 aliphatic rings. The zero-order valence-corrected chi connectivity index (χ0v) is 17.7. The van der Waals surface area contributed by atoms with Crippen molar-refractivity contribution in [2.24, 2.45) is 0 Å². The summed E-state index contributed by atoms with van der Waals surface area (Å²) in [6.45, 7) is 2.43. The molecule has 1 aromatic heterocycles. The SMILES string of the molecule is CCOc1cccc(C(=O)NC(=S)Nc2ccc(Cc3nc4ccccc4o3)cc2)c1. The number of thiocarbonyl (C=S) groups is 1. The number of carbonyl (C=O) groups excluding carboxylic acids is 1. The second-order valence-electron chi connectivity index (χ2n) is 6.82. The number of rotatable bonds is 6. The maximum absolute atomic E-state index is 12.4. The van der Waals surface area contributed by atoms with Gasteiger partial charge < -0.3 is 14.5 Å². The predicted octanol–water partition coefficient (Wildman–Crippen LogP) is 4.94. The number of anilines is 1. The third-order valence-corrected chi connectivity index (χ3v) is 4.74. The first-order chi connectivity index (χ1) is 15.1. The van der Waals surface area contributed by atoms with Crippen LogP contribution in [0.3, 0.4) is 0 Å². The Morgan fingerprint density at radius 2 is 1.87 bits per heavy atom. The van der Waals surface area contributed by atoms with Crippen LogP contribution in [0.2, 0.25) is 0 Å². The molecule has 0 bridgehead atoms. The van der Waals surface area contributed by atoms with Crippen LogP contribution in [0.4, 0.5) is 5.69 Å². The van der Waals surface area contributed by atoms with Crippen molar-refractivity contribution < 1.29 is 13.9 Å². The van der Waals surface area contributed by atoms with Crippen LogP contribution in [-0.4, -0.2) is 22.6 Å². The van der Waals surface area contributed by atoms with E-state index in [0.717, 1.165) is 22.4 Å². The number of amides is 1. The number of ether oxygens (including phenoxy) is 1. The van der Waals surface area contributed by atoms with Gasteiger partial charge in [-0.25, -0.2) is 4.98 Å². The molecule has 0 fully saturated rings. The summed E-state index contributed by atoms with van der Waals surface area (Å²) in [6, 6.07) is 22.4. The molecule has 0 aliphatic heterocycles. The lowest BCUT2D eigenvalue weighted by Crippen LogP contribution is -2.34. The molecule has 31 heavy (non-hydrogen) atoms. The summed E-state index contributed by atoms with van der Waals surface area (Å²) in [5.74, 6) is 1.01. The van der Waals surface area contributed by atoms with Gasteiger partial charge in [0.15, 0.2) is 16.6 Å². The summed E-state index contributed by atoms with van der Waals surface area (Å²) in [5.41, 5.74) is 3.94. The number of fused-ring (bicyclic) bond motifs is 1. The summed E-state index contributed by atoms with van der Waals surface area (Å²) in [4.78, 5) is 16.9. The molecule has 0 atom stereocenters. The molecule has 4 rings (SSSR count). The van der Waals surface area contributed by atoms with E-state index in [2.05, 4.69) is 15.6 Å². The summed E-state index contributed by atoms with van der Waals surface area (Å²) >= 11 is 5.27. The van der Waals surface area contributed by atoms with Crippen molar-refractivity contribution in [2.75, 3.05) is 11.9 Å². The van der Waals surface area contributed by atoms with Gasteiger partial charge in [0.1, 0.15) is 11.3 Å². The molecule has 6 nitrogen and oxygen atoms in total. The Bertz CT molecular complexity index is 1190. The molecule has 0 radical (unpaired) electrons. The molecule has 1 amide bonds. The smallest absolute Gasteiger partial charge is 0.257 e. The highest BCUT2D eigenvalue weighted by molar-refractivity contribution is 7.80. The molecular formula is C24H21N3O3S. The largest absolute Gasteiger partial charge is 0.494 e. The number of para-hydroxylation sites is 2. The Balaban J connectivity index is 1.34. The molecule has 0 saturated carbocycles. The first kappa shape index (κ1) is 20.6. The van der Waals surface area contributed by atoms with Crippen molar-refractivity contribution in [3.63, 3.8) is 0 Å². The van der Waals surface area contributed by atoms with Crippen molar-refractivity contribution >= 4 is 40.0 Å². The van der Waals surface area contributed by atoms with Crippen LogP contribution in [0.15, 0.2) is 77.2 Å². The van der Waals surface area contributed by atoms with Gasteiger partial charge in [0.2, 0.25) is 0 Å². The standard InChI is InChI=1S/C24H21N3O3S/c1-2-29-19-7-5-6-17(15-19)23(28)27-24(31)25-18-12-10-16(11-13-18)14-22-26-20-8-3-4-9-21(20)30-22/h3-13,15H,2,14H2,1H3,(H2,25,27,28,31). The van der Waals surface area contributed by atoms with E-state index in [1.807, 2.05) is 55.5 Å². The highest BCUT2D eigenvalue weighted by Crippen LogP contribution is 2.19. The maximum Gasteiger partial charge on any atom is 0.257 e. The molecule has 156 valence electrons. The van der Waals surface area contributed by atoms with Gasteiger partial charge in [-0.05, 0) is 67.2 Å². The monoisotopic (exact) mass is 431 g/mol. The number of nitrogens with one attached hydrogen (secondary N) is 2. The molecule has 0 saturated heterocycles. The zero-order valence-electron chi connectivity index (χ0n) is 16.9. The fourth-order valence-corrected chi connectivity index (χ4v) is 3.32. The fourth-order valence-electron chi connectivity index (χ4n) is 3.11. The van der Waals surface area contributed by atoms with Gasteiger partial charge in [-0.15, -0.1) is 0 Å². The van der Waals surface area contributed by atoms with Crippen molar-refractivity contribution in [1.82, 2.24) is 10.3 Å². The molecule has 2 N–H and O–H groups in total. The number of hydrogen-bond donors (Lipinski definition) is 2. The molecular weight excluding hydrogens is 410 g/mol. The molecule has 4 aromatic rings. The quantitative estimate of drug-likeness (QED) is 0.421. The highest BCUT2D eigenvalue weighted by Gasteiger charge is 2.10. The molecule has 3 aromatic carbocycles. The number of oxazole rings is 1. The Labute approximate surface area is 185 Å². The van der Waals surface area contributed by atoms with Crippen molar-refractivity contribution in [2.45, 2.75) is 13.3 Å². The van der Waals surface area contributed by atoms with Gasteiger partial charge in [-0.3, -0.25) is 10.1 Å². The lowest BCUT2D eigenvalue weighted by atomic mass is 10.1. The normalized spacial score (nSPS) is 10.6. The molecule has 7 heteroatoms. The summed E-state index contributed by atoms with van der Waals surface area (Å²) in [7, 11) is 0. The summed E-state index contributed by atoms with van der Waals surface area (Å²) in [6.07, 6.45) is 0.590. The molecule has 1 heterocycles. The molecule has 0 aliphatic carbocycles. The number of hydrogen-bond acceptors (Lipinski definition) is 5. The van der Waals surface area contributed by atoms with E-state index in [-0.39, 0.29) is 11.0 Å². The van der Waals surface area contributed by atoms with Crippen LogP contribution in [0.5, 0.6) is 5.75 Å². The fraction of sp³-hybridized carbons (Fsp3) is 0.125. The van der Waals surface area contributed by atoms with Gasteiger partial charge in [0.25, 0.3) is 5.91 Å². The Hall–Kier alpha value is -3.71. The van der Waals surface area contributed by atoms with Crippen molar-refractivity contribution in [3.8, 4) is 5.75 Å². The van der Waals surface area contributed by atoms with E-state index in [0.29, 0.717) is 30.2 Å². The minimum Gasteiger partial charge on any atom is -0.494 e. The van der Waals surface area contributed by atoms with Crippen molar-refractivity contribution in [1.29, 1.82) is 0 Å². The summed E-state index contributed by atoms with van der Waals surface area (Å²) in [5, 5.41) is 5.93. The predicted molar refractivity (Wildman–Crippen MR) is 125 cm³/mol. The zero-order chi connectivity index (χ0) is 21.6. The van der Waals surface area contributed by atoms with E-state index in [4.69, 9.17) is 21.4 Å². The van der Waals surface area contributed by atoms with E-state index < -0.39 is 0 Å². The second-order valence-corrected chi connectivity index (χ2v) is 7.23. The Kier molecular flexibility index (Phi) is 6.24. The lowest BCUT2D eigenvalue weighted by molar-refractivity contribution is 0.0977. The minimum atomic E-state index is -0.299. The maximum atomic E-state index is 12.4. The first-order valence-corrected chi connectivity index (χ1v) is 10.3. The second kappa shape index (κ2) is 9.40. The Morgan fingerprint density at radius 3 is 2.65 bits per heavy atom. The van der Waals surface area contributed by atoms with Crippen LogP contribution < -0.4 is 15.4 Å². The highest BCUT2D eigenvalue weighted by atomic mass is 32.1. The average molecular weight is 432 g/mol. The van der Waals surface area contributed by atoms with Crippen LogP contribution in [0.1, 0.15) is 28.7 Å². The van der Waals surface area contributed by atoms with E-state index in [1.165, 1.54) is 0 Å². The lowest BCUT2D eigenvalue weighted by Gasteiger charge is -2.11. The first-order valence-electron chi connectivity index (χ1n) is 9.89. The van der Waals surface area contributed by atoms with Crippen LogP contribution in [-0.2, 0) is 6.42 Å². The van der Waals surface area contributed by atoms with Gasteiger partial charge >= 0.3 is 0 Å². The van der Waals surface area contributed by atoms with Crippen molar-refractivity contribution in [3.05, 3.63) is 89.8 Å². The molecule has 0 unspecified atom stereocenters. The molecule has 0 spiro atoms. The van der Waals surface area contributed by atoms with Gasteiger partial charge in [-0.1, -0.05) is 30.3 Å². The minimum absolute atomic E-state index is 0.221. The van der Waals surface area contributed by atoms with E-state index in [9.17, 15) is 4.79 Å². The number of benzene rings is 3. The summed E-state index contributed by atoms with van der Waals surface area (Å²) < 4.78 is 11.2. The van der Waals surface area contributed by atoms with E-state index >= 15 is 0 Å². The topological polar surface area (TPSA) is 76.4 Å². The Morgan fingerprint density at radius 1 is 1.06 bits per heavy atom. The van der Waals surface area contributed by atoms with Crippen LogP contribution in [0.25, 0.3) is 11.1 Å². The average Bonchev–Trinajstić information content (AvgIpc) is 3.18. The van der Waals surface area contributed by atoms with Crippen LogP contribution in [0, 0.1) is 0 Å². The number of nitrogens with zero attached hydrogens (tertiary/aromatic N) is 1. The van der Waals surface area contributed by atoms with E-state index in [1.54, 1.807) is 24.3 Å². The van der Waals surface area contributed by atoms with Gasteiger partial charge in [-0.2, -0.15) is 0 Å². The number of carbonyl (C=O) groups is 1. The van der Waals surface area contributed by atoms with Crippen LogP contribution >= 0.6 is 12.2 Å². The number of aromatic nitrogens is 1. The third-order valence-electron chi connectivity index (χ3n) is 4.54.